The van der Waals surface area contributed by atoms with E-state index in [-0.39, 0.29) is 17.3 Å². The van der Waals surface area contributed by atoms with Gasteiger partial charge in [-0.25, -0.2) is 22.0 Å². The van der Waals surface area contributed by atoms with Crippen molar-refractivity contribution in [2.45, 2.75) is 38.0 Å². The van der Waals surface area contributed by atoms with E-state index < -0.39 is 31.4 Å². The van der Waals surface area contributed by atoms with Gasteiger partial charge in [-0.1, -0.05) is 11.8 Å². The van der Waals surface area contributed by atoms with Crippen LogP contribution in [0.3, 0.4) is 0 Å². The van der Waals surface area contributed by atoms with Crippen molar-refractivity contribution in [3.63, 3.8) is 0 Å². The standard InChI is InChI=1S/C9H13F5OS/c1-6(15)16-3-2-7(11)8(12)4-9(13,14)5-10/h7-8H,2-5H2,1H3. The minimum absolute atomic E-state index is 0.0259. The lowest BCUT2D eigenvalue weighted by atomic mass is 10.1. The summed E-state index contributed by atoms with van der Waals surface area (Å²) in [6, 6.07) is 0. The van der Waals surface area contributed by atoms with Crippen molar-refractivity contribution in [2.75, 3.05) is 12.4 Å². The van der Waals surface area contributed by atoms with Gasteiger partial charge in [0.25, 0.3) is 5.92 Å². The molecule has 7 heteroatoms. The molecule has 0 amide bonds. The Kier molecular flexibility index (Phi) is 6.94. The summed E-state index contributed by atoms with van der Waals surface area (Å²) in [5, 5.41) is -0.253. The van der Waals surface area contributed by atoms with Crippen molar-refractivity contribution in [1.29, 1.82) is 0 Å². The summed E-state index contributed by atoms with van der Waals surface area (Å²) in [5.74, 6) is -3.80. The molecule has 0 rings (SSSR count). The summed E-state index contributed by atoms with van der Waals surface area (Å²) in [6.45, 7) is -0.732. The summed E-state index contributed by atoms with van der Waals surface area (Å²) in [7, 11) is 0. The summed E-state index contributed by atoms with van der Waals surface area (Å²) in [6.07, 6.45) is -6.30. The Labute approximate surface area is 94.8 Å². The van der Waals surface area contributed by atoms with Crippen molar-refractivity contribution in [3.8, 4) is 0 Å². The normalized spacial score (nSPS) is 15.9. The zero-order valence-electron chi connectivity index (χ0n) is 8.69. The Morgan fingerprint density at radius 1 is 1.31 bits per heavy atom. The SMILES string of the molecule is CC(=O)SCCC(F)C(F)CC(F)(F)CF. The number of alkyl halides is 5. The molecule has 0 aromatic heterocycles. The molecule has 0 N–H and O–H groups in total. The highest BCUT2D eigenvalue weighted by atomic mass is 32.2. The lowest BCUT2D eigenvalue weighted by molar-refractivity contribution is -0.109. The molecule has 96 valence electrons. The first-order chi connectivity index (χ1) is 7.28. The van der Waals surface area contributed by atoms with Crippen LogP contribution in [0.4, 0.5) is 22.0 Å². The second kappa shape index (κ2) is 7.09. The van der Waals surface area contributed by atoms with Crippen LogP contribution >= 0.6 is 11.8 Å². The van der Waals surface area contributed by atoms with E-state index in [0.717, 1.165) is 11.8 Å². The Bertz CT molecular complexity index is 224. The molecule has 0 saturated carbocycles. The van der Waals surface area contributed by atoms with Crippen molar-refractivity contribution in [3.05, 3.63) is 0 Å². The van der Waals surface area contributed by atoms with Gasteiger partial charge in [-0.15, -0.1) is 0 Å². The molecule has 0 heterocycles. The van der Waals surface area contributed by atoms with E-state index in [1.807, 2.05) is 0 Å². The van der Waals surface area contributed by atoms with E-state index >= 15 is 0 Å². The third kappa shape index (κ3) is 7.03. The number of carbonyl (C=O) groups is 1. The van der Waals surface area contributed by atoms with Gasteiger partial charge in [0.05, 0.1) is 0 Å². The monoisotopic (exact) mass is 264 g/mol. The van der Waals surface area contributed by atoms with Gasteiger partial charge in [0.2, 0.25) is 0 Å². The van der Waals surface area contributed by atoms with Gasteiger partial charge < -0.3 is 0 Å². The van der Waals surface area contributed by atoms with Crippen LogP contribution in [-0.4, -0.2) is 35.8 Å². The van der Waals surface area contributed by atoms with Gasteiger partial charge in [0.15, 0.2) is 11.8 Å². The fourth-order valence-corrected chi connectivity index (χ4v) is 1.59. The topological polar surface area (TPSA) is 17.1 Å². The first kappa shape index (κ1) is 15.7. The van der Waals surface area contributed by atoms with Gasteiger partial charge >= 0.3 is 0 Å². The number of halogens is 5. The van der Waals surface area contributed by atoms with E-state index in [9.17, 15) is 26.7 Å². The maximum atomic E-state index is 13.0. The van der Waals surface area contributed by atoms with Crippen molar-refractivity contribution < 1.29 is 26.7 Å². The maximum Gasteiger partial charge on any atom is 0.278 e. The molecule has 0 aliphatic heterocycles. The van der Waals surface area contributed by atoms with E-state index in [0.29, 0.717) is 0 Å². The fourth-order valence-electron chi connectivity index (χ4n) is 0.964. The van der Waals surface area contributed by atoms with Crippen molar-refractivity contribution >= 4 is 16.9 Å². The number of hydrogen-bond donors (Lipinski definition) is 0. The number of carbonyl (C=O) groups excluding carboxylic acids is 1. The molecule has 2 atom stereocenters. The quantitative estimate of drug-likeness (QED) is 0.656. The van der Waals surface area contributed by atoms with Crippen LogP contribution in [0.2, 0.25) is 0 Å². The lowest BCUT2D eigenvalue weighted by Gasteiger charge is -2.18. The average Bonchev–Trinajstić information content (AvgIpc) is 2.16. The second-order valence-corrected chi connectivity index (χ2v) is 4.63. The molecule has 0 saturated heterocycles. The van der Waals surface area contributed by atoms with E-state index in [1.165, 1.54) is 6.92 Å². The predicted octanol–water partition coefficient (Wildman–Crippen LogP) is 3.33. The lowest BCUT2D eigenvalue weighted by Crippen LogP contribution is -2.29. The number of hydrogen-bond acceptors (Lipinski definition) is 2. The molecule has 16 heavy (non-hydrogen) atoms. The van der Waals surface area contributed by atoms with Crippen LogP contribution in [0.25, 0.3) is 0 Å². The Hall–Kier alpha value is -0.330. The molecule has 0 aromatic rings. The molecule has 0 aromatic carbocycles. The number of thioether (sulfide) groups is 1. The molecule has 0 aliphatic rings. The van der Waals surface area contributed by atoms with E-state index in [2.05, 4.69) is 0 Å². The molecule has 0 radical (unpaired) electrons. The smallest absolute Gasteiger partial charge is 0.278 e. The highest BCUT2D eigenvalue weighted by molar-refractivity contribution is 8.13. The molecule has 0 bridgehead atoms. The molecule has 1 nitrogen and oxygen atoms in total. The Morgan fingerprint density at radius 2 is 1.88 bits per heavy atom. The minimum Gasteiger partial charge on any atom is -0.288 e. The van der Waals surface area contributed by atoms with Crippen molar-refractivity contribution in [2.24, 2.45) is 0 Å². The summed E-state index contributed by atoms with van der Waals surface area (Å²) in [4.78, 5) is 10.4. The van der Waals surface area contributed by atoms with Crippen molar-refractivity contribution in [1.82, 2.24) is 0 Å². The van der Waals surface area contributed by atoms with Crippen LogP contribution in [0, 0.1) is 0 Å². The predicted molar refractivity (Wildman–Crippen MR) is 53.1 cm³/mol. The van der Waals surface area contributed by atoms with E-state index in [1.54, 1.807) is 0 Å². The molecule has 0 spiro atoms. The third-order valence-electron chi connectivity index (χ3n) is 1.78. The summed E-state index contributed by atoms with van der Waals surface area (Å²) < 4.78 is 62.3. The Morgan fingerprint density at radius 3 is 2.31 bits per heavy atom. The van der Waals surface area contributed by atoms with Gasteiger partial charge in [0.1, 0.15) is 12.3 Å². The average molecular weight is 264 g/mol. The van der Waals surface area contributed by atoms with E-state index in [4.69, 9.17) is 0 Å². The van der Waals surface area contributed by atoms with Gasteiger partial charge in [-0.3, -0.25) is 4.79 Å². The highest BCUT2D eigenvalue weighted by Crippen LogP contribution is 2.26. The maximum absolute atomic E-state index is 13.0. The van der Waals surface area contributed by atoms with Crippen LogP contribution in [0.15, 0.2) is 0 Å². The largest absolute Gasteiger partial charge is 0.288 e. The van der Waals surface area contributed by atoms with Gasteiger partial charge in [0, 0.05) is 19.1 Å². The molecule has 2 unspecified atom stereocenters. The fraction of sp³-hybridized carbons (Fsp3) is 0.889. The van der Waals surface area contributed by atoms with Gasteiger partial charge in [-0.2, -0.15) is 0 Å². The molecule has 0 aliphatic carbocycles. The zero-order chi connectivity index (χ0) is 12.8. The molecule has 0 fully saturated rings. The zero-order valence-corrected chi connectivity index (χ0v) is 9.51. The first-order valence-corrected chi connectivity index (χ1v) is 5.62. The summed E-state index contributed by atoms with van der Waals surface area (Å²) in [5.41, 5.74) is 0. The number of rotatable bonds is 7. The molecular weight excluding hydrogens is 251 g/mol. The molecular formula is C9H13F5OS. The first-order valence-electron chi connectivity index (χ1n) is 4.64. The van der Waals surface area contributed by atoms with Crippen LogP contribution in [0.5, 0.6) is 0 Å². The highest BCUT2D eigenvalue weighted by Gasteiger charge is 2.36. The Balaban J connectivity index is 3.90. The second-order valence-electron chi connectivity index (χ2n) is 3.35. The van der Waals surface area contributed by atoms with Crippen LogP contribution in [0.1, 0.15) is 19.8 Å². The summed E-state index contributed by atoms with van der Waals surface area (Å²) >= 11 is 0.794. The minimum atomic E-state index is -3.82. The van der Waals surface area contributed by atoms with Gasteiger partial charge in [-0.05, 0) is 6.42 Å². The van der Waals surface area contributed by atoms with Crippen LogP contribution in [-0.2, 0) is 4.79 Å². The van der Waals surface area contributed by atoms with Crippen LogP contribution < -0.4 is 0 Å². The third-order valence-corrected chi connectivity index (χ3v) is 2.63.